The van der Waals surface area contributed by atoms with Crippen molar-refractivity contribution in [1.82, 2.24) is 10.2 Å². The molecule has 86 valence electrons. The molecular formula is C11H19ClN2O. The first-order valence-electron chi connectivity index (χ1n) is 5.90. The van der Waals surface area contributed by atoms with Crippen LogP contribution in [0.5, 0.6) is 0 Å². The zero-order valence-electron chi connectivity index (χ0n) is 9.04. The molecule has 0 aromatic heterocycles. The molecule has 0 radical (unpaired) electrons. The van der Waals surface area contributed by atoms with Gasteiger partial charge < -0.3 is 5.32 Å². The van der Waals surface area contributed by atoms with E-state index >= 15 is 0 Å². The zero-order valence-corrected chi connectivity index (χ0v) is 9.80. The van der Waals surface area contributed by atoms with Gasteiger partial charge in [-0.3, -0.25) is 9.69 Å². The van der Waals surface area contributed by atoms with Crippen LogP contribution < -0.4 is 5.32 Å². The van der Waals surface area contributed by atoms with Crippen molar-refractivity contribution in [3.05, 3.63) is 0 Å². The first kappa shape index (κ1) is 11.2. The van der Waals surface area contributed by atoms with E-state index in [0.29, 0.717) is 12.1 Å². The summed E-state index contributed by atoms with van der Waals surface area (Å²) in [6, 6.07) is 0.911. The SMILES string of the molecule is O=C(CCl)NC1CCCC1N1CCCC1. The van der Waals surface area contributed by atoms with Crippen LogP contribution in [0.4, 0.5) is 0 Å². The molecule has 2 unspecified atom stereocenters. The average Bonchev–Trinajstić information content (AvgIpc) is 2.86. The van der Waals surface area contributed by atoms with Crippen LogP contribution in [0, 0.1) is 0 Å². The fourth-order valence-electron chi connectivity index (χ4n) is 2.86. The van der Waals surface area contributed by atoms with Crippen LogP contribution in [-0.2, 0) is 4.79 Å². The largest absolute Gasteiger partial charge is 0.351 e. The molecule has 4 heteroatoms. The number of likely N-dealkylation sites (tertiary alicyclic amines) is 1. The number of carbonyl (C=O) groups is 1. The predicted molar refractivity (Wildman–Crippen MR) is 61.1 cm³/mol. The Morgan fingerprint density at radius 1 is 1.27 bits per heavy atom. The fraction of sp³-hybridized carbons (Fsp3) is 0.909. The summed E-state index contributed by atoms with van der Waals surface area (Å²) >= 11 is 5.51. The van der Waals surface area contributed by atoms with Crippen molar-refractivity contribution in [1.29, 1.82) is 0 Å². The molecule has 0 aromatic rings. The van der Waals surface area contributed by atoms with Crippen molar-refractivity contribution < 1.29 is 4.79 Å². The number of amides is 1. The Morgan fingerprint density at radius 3 is 2.67 bits per heavy atom. The minimum Gasteiger partial charge on any atom is -0.351 e. The third kappa shape index (κ3) is 2.64. The molecule has 2 fully saturated rings. The molecule has 1 amide bonds. The molecule has 15 heavy (non-hydrogen) atoms. The molecule has 1 heterocycles. The van der Waals surface area contributed by atoms with Crippen molar-refractivity contribution in [3.8, 4) is 0 Å². The lowest BCUT2D eigenvalue weighted by atomic mass is 10.1. The number of alkyl halides is 1. The molecule has 1 saturated heterocycles. The van der Waals surface area contributed by atoms with Crippen LogP contribution in [0.3, 0.4) is 0 Å². The molecule has 1 saturated carbocycles. The molecule has 2 aliphatic rings. The number of nitrogens with zero attached hydrogens (tertiary/aromatic N) is 1. The lowest BCUT2D eigenvalue weighted by molar-refractivity contribution is -0.119. The van der Waals surface area contributed by atoms with E-state index < -0.39 is 0 Å². The van der Waals surface area contributed by atoms with Gasteiger partial charge in [-0.1, -0.05) is 0 Å². The van der Waals surface area contributed by atoms with Crippen LogP contribution in [0.1, 0.15) is 32.1 Å². The second kappa shape index (κ2) is 5.17. The number of hydrogen-bond donors (Lipinski definition) is 1. The van der Waals surface area contributed by atoms with E-state index in [1.165, 1.54) is 38.8 Å². The maximum Gasteiger partial charge on any atom is 0.235 e. The van der Waals surface area contributed by atoms with Crippen LogP contribution in [-0.4, -0.2) is 41.9 Å². The lowest BCUT2D eigenvalue weighted by Crippen LogP contribution is -2.48. The Balaban J connectivity index is 1.89. The summed E-state index contributed by atoms with van der Waals surface area (Å²) in [7, 11) is 0. The van der Waals surface area contributed by atoms with Gasteiger partial charge in [0.05, 0.1) is 0 Å². The molecule has 1 N–H and O–H groups in total. The Labute approximate surface area is 96.2 Å². The minimum absolute atomic E-state index is 0.0206. The molecule has 3 nitrogen and oxygen atoms in total. The van der Waals surface area contributed by atoms with Crippen molar-refractivity contribution in [3.63, 3.8) is 0 Å². The highest BCUT2D eigenvalue weighted by molar-refractivity contribution is 6.27. The minimum atomic E-state index is -0.0206. The topological polar surface area (TPSA) is 32.3 Å². The van der Waals surface area contributed by atoms with E-state index in [-0.39, 0.29) is 11.8 Å². The summed E-state index contributed by atoms with van der Waals surface area (Å²) in [5.41, 5.74) is 0. The van der Waals surface area contributed by atoms with E-state index in [0.717, 1.165) is 6.42 Å². The van der Waals surface area contributed by atoms with Crippen LogP contribution in [0.2, 0.25) is 0 Å². The molecule has 0 bridgehead atoms. The summed E-state index contributed by atoms with van der Waals surface area (Å²) < 4.78 is 0. The molecule has 1 aliphatic heterocycles. The second-order valence-electron chi connectivity index (χ2n) is 4.55. The van der Waals surface area contributed by atoms with Crippen molar-refractivity contribution in [2.24, 2.45) is 0 Å². The molecule has 2 atom stereocenters. The summed E-state index contributed by atoms with van der Waals surface area (Å²) in [6.45, 7) is 2.41. The van der Waals surface area contributed by atoms with Gasteiger partial charge in [-0.05, 0) is 45.2 Å². The van der Waals surface area contributed by atoms with Crippen LogP contribution in [0.15, 0.2) is 0 Å². The number of rotatable bonds is 3. The van der Waals surface area contributed by atoms with E-state index in [9.17, 15) is 4.79 Å². The van der Waals surface area contributed by atoms with Crippen LogP contribution in [0.25, 0.3) is 0 Å². The summed E-state index contributed by atoms with van der Waals surface area (Å²) in [5.74, 6) is 0.0659. The molecule has 2 rings (SSSR count). The lowest BCUT2D eigenvalue weighted by Gasteiger charge is -2.29. The van der Waals surface area contributed by atoms with Gasteiger partial charge in [-0.15, -0.1) is 11.6 Å². The fourth-order valence-corrected chi connectivity index (χ4v) is 2.94. The zero-order chi connectivity index (χ0) is 10.7. The second-order valence-corrected chi connectivity index (χ2v) is 4.82. The maximum atomic E-state index is 11.3. The third-order valence-electron chi connectivity index (χ3n) is 3.56. The van der Waals surface area contributed by atoms with Gasteiger partial charge in [0.2, 0.25) is 5.91 Å². The molecule has 1 aliphatic carbocycles. The standard InChI is InChI=1S/C11H19ClN2O/c12-8-11(15)13-9-4-3-5-10(9)14-6-1-2-7-14/h9-10H,1-8H2,(H,13,15). The van der Waals surface area contributed by atoms with Crippen LogP contribution >= 0.6 is 11.6 Å². The number of hydrogen-bond acceptors (Lipinski definition) is 2. The summed E-state index contributed by atoms with van der Waals surface area (Å²) in [6.07, 6.45) is 6.20. The number of carbonyl (C=O) groups excluding carboxylic acids is 1. The number of nitrogens with one attached hydrogen (secondary N) is 1. The Bertz CT molecular complexity index is 229. The first-order valence-corrected chi connectivity index (χ1v) is 6.44. The quantitative estimate of drug-likeness (QED) is 0.743. The van der Waals surface area contributed by atoms with Gasteiger partial charge in [-0.2, -0.15) is 0 Å². The summed E-state index contributed by atoms with van der Waals surface area (Å²) in [5, 5.41) is 3.04. The highest BCUT2D eigenvalue weighted by atomic mass is 35.5. The van der Waals surface area contributed by atoms with Crippen molar-refractivity contribution >= 4 is 17.5 Å². The highest BCUT2D eigenvalue weighted by Gasteiger charge is 2.33. The Hall–Kier alpha value is -0.280. The van der Waals surface area contributed by atoms with Gasteiger partial charge in [0.1, 0.15) is 5.88 Å². The van der Waals surface area contributed by atoms with Crippen molar-refractivity contribution in [2.75, 3.05) is 19.0 Å². The average molecular weight is 231 g/mol. The first-order chi connectivity index (χ1) is 7.31. The van der Waals surface area contributed by atoms with Crippen molar-refractivity contribution in [2.45, 2.75) is 44.2 Å². The third-order valence-corrected chi connectivity index (χ3v) is 3.80. The van der Waals surface area contributed by atoms with Gasteiger partial charge in [0.15, 0.2) is 0 Å². The smallest absolute Gasteiger partial charge is 0.235 e. The van der Waals surface area contributed by atoms with Gasteiger partial charge >= 0.3 is 0 Å². The van der Waals surface area contributed by atoms with E-state index in [2.05, 4.69) is 10.2 Å². The maximum absolute atomic E-state index is 11.3. The monoisotopic (exact) mass is 230 g/mol. The van der Waals surface area contributed by atoms with Gasteiger partial charge in [0.25, 0.3) is 0 Å². The Morgan fingerprint density at radius 2 is 2.00 bits per heavy atom. The van der Waals surface area contributed by atoms with E-state index in [1.807, 2.05) is 0 Å². The normalized spacial score (nSPS) is 32.1. The highest BCUT2D eigenvalue weighted by Crippen LogP contribution is 2.27. The molecule has 0 spiro atoms. The Kier molecular flexibility index (Phi) is 3.87. The van der Waals surface area contributed by atoms with Gasteiger partial charge in [-0.25, -0.2) is 0 Å². The molecule has 0 aromatic carbocycles. The number of halogens is 1. The van der Waals surface area contributed by atoms with Gasteiger partial charge in [0, 0.05) is 12.1 Å². The van der Waals surface area contributed by atoms with E-state index in [4.69, 9.17) is 11.6 Å². The predicted octanol–water partition coefficient (Wildman–Crippen LogP) is 1.36. The summed E-state index contributed by atoms with van der Waals surface area (Å²) in [4.78, 5) is 13.8. The van der Waals surface area contributed by atoms with E-state index in [1.54, 1.807) is 0 Å². The molecular weight excluding hydrogens is 212 g/mol.